The minimum atomic E-state index is -0.595. The fourth-order valence-electron chi connectivity index (χ4n) is 6.44. The van der Waals surface area contributed by atoms with Gasteiger partial charge < -0.3 is 20.4 Å². The van der Waals surface area contributed by atoms with E-state index in [-0.39, 0.29) is 30.5 Å². The first kappa shape index (κ1) is 22.6. The van der Waals surface area contributed by atoms with Gasteiger partial charge in [-0.3, -0.25) is 4.79 Å². The molecule has 2 aromatic carbocycles. The molecule has 3 N–H and O–H groups in total. The molecule has 4 fully saturated rings. The smallest absolute Gasteiger partial charge is 0.405 e. The normalized spacial score (nSPS) is 31.3. The fourth-order valence-corrected chi connectivity index (χ4v) is 6.44. The molecule has 6 atom stereocenters. The maximum atomic E-state index is 12.8. The lowest BCUT2D eigenvalue weighted by Crippen LogP contribution is -2.65. The van der Waals surface area contributed by atoms with Gasteiger partial charge in [0.15, 0.2) is 0 Å². The van der Waals surface area contributed by atoms with Crippen molar-refractivity contribution in [2.75, 3.05) is 6.54 Å². The average molecular weight is 446 g/mol. The van der Waals surface area contributed by atoms with Crippen molar-refractivity contribution in [2.24, 2.45) is 23.0 Å². The summed E-state index contributed by atoms with van der Waals surface area (Å²) in [4.78, 5) is 12.8. The third kappa shape index (κ3) is 4.03. The predicted octanol–water partition coefficient (Wildman–Crippen LogP) is 3.72. The van der Waals surface area contributed by atoms with E-state index in [0.717, 1.165) is 17.5 Å². The van der Waals surface area contributed by atoms with Crippen molar-refractivity contribution < 1.29 is 14.1 Å². The first-order chi connectivity index (χ1) is 15.8. The number of nitrogens with one attached hydrogen (secondary N) is 1. The van der Waals surface area contributed by atoms with E-state index in [0.29, 0.717) is 30.2 Å². The van der Waals surface area contributed by atoms with Crippen LogP contribution >= 0.6 is 0 Å². The van der Waals surface area contributed by atoms with Gasteiger partial charge in [0.1, 0.15) is 0 Å². The summed E-state index contributed by atoms with van der Waals surface area (Å²) < 4.78 is 13.3. The number of nitrogens with two attached hydrogens (primary N) is 1. The molecule has 1 amide bonds. The molecule has 1 heterocycles. The van der Waals surface area contributed by atoms with Crippen LogP contribution in [-0.2, 0) is 20.5 Å². The molecule has 33 heavy (non-hydrogen) atoms. The van der Waals surface area contributed by atoms with E-state index in [1.54, 1.807) is 0 Å². The van der Waals surface area contributed by atoms with Crippen LogP contribution in [0.3, 0.4) is 0 Å². The zero-order valence-electron chi connectivity index (χ0n) is 19.9. The van der Waals surface area contributed by atoms with Crippen LogP contribution in [0.25, 0.3) is 0 Å². The predicted molar refractivity (Wildman–Crippen MR) is 130 cm³/mol. The van der Waals surface area contributed by atoms with Crippen molar-refractivity contribution in [1.82, 2.24) is 5.32 Å². The molecule has 2 aromatic rings. The van der Waals surface area contributed by atoms with Crippen molar-refractivity contribution >= 4 is 13.0 Å². The highest BCUT2D eigenvalue weighted by molar-refractivity contribution is 6.47. The van der Waals surface area contributed by atoms with Crippen LogP contribution in [0.2, 0.25) is 0 Å². The average Bonchev–Trinajstić information content (AvgIpc) is 3.17. The number of rotatable bonds is 7. The Balaban J connectivity index is 1.29. The van der Waals surface area contributed by atoms with E-state index in [1.807, 2.05) is 48.5 Å². The largest absolute Gasteiger partial charge is 0.467 e. The second kappa shape index (κ2) is 8.57. The number of carbonyl (C=O) groups is 1. The summed E-state index contributed by atoms with van der Waals surface area (Å²) in [6.07, 6.45) is 2.89. The van der Waals surface area contributed by atoms with Crippen LogP contribution in [0.15, 0.2) is 60.7 Å². The molecular formula is C27H35BN2O3. The summed E-state index contributed by atoms with van der Waals surface area (Å²) in [6.45, 7) is 7.40. The Labute approximate surface area is 197 Å². The van der Waals surface area contributed by atoms with Gasteiger partial charge in [-0.2, -0.15) is 0 Å². The zero-order chi connectivity index (χ0) is 23.2. The Bertz CT molecular complexity index is 985. The van der Waals surface area contributed by atoms with Crippen molar-refractivity contribution in [2.45, 2.75) is 63.6 Å². The molecule has 4 aliphatic rings. The van der Waals surface area contributed by atoms with Crippen LogP contribution in [0, 0.1) is 17.3 Å². The first-order valence-electron chi connectivity index (χ1n) is 12.2. The Morgan fingerprint density at radius 2 is 1.76 bits per heavy atom. The second-order valence-corrected chi connectivity index (χ2v) is 10.9. The van der Waals surface area contributed by atoms with Gasteiger partial charge in [-0.1, -0.05) is 74.5 Å². The maximum absolute atomic E-state index is 12.8. The molecule has 5 nitrogen and oxygen atoms in total. The molecule has 0 aromatic heterocycles. The van der Waals surface area contributed by atoms with Crippen molar-refractivity contribution in [1.29, 1.82) is 0 Å². The van der Waals surface area contributed by atoms with Crippen LogP contribution in [0.1, 0.15) is 50.6 Å². The molecular weight excluding hydrogens is 411 g/mol. The van der Waals surface area contributed by atoms with Crippen LogP contribution in [-0.4, -0.2) is 37.3 Å². The fraction of sp³-hybridized carbons (Fsp3) is 0.519. The topological polar surface area (TPSA) is 73.6 Å². The number of carbonyl (C=O) groups excluding carboxylic acids is 1. The van der Waals surface area contributed by atoms with Crippen LogP contribution in [0.4, 0.5) is 0 Å². The molecule has 1 saturated heterocycles. The molecule has 1 unspecified atom stereocenters. The van der Waals surface area contributed by atoms with E-state index >= 15 is 0 Å². The van der Waals surface area contributed by atoms with Crippen LogP contribution < -0.4 is 11.1 Å². The minimum absolute atomic E-state index is 0.0955. The highest BCUT2D eigenvalue weighted by Crippen LogP contribution is 2.66. The lowest BCUT2D eigenvalue weighted by Gasteiger charge is -2.64. The zero-order valence-corrected chi connectivity index (χ0v) is 19.9. The molecule has 1 aliphatic heterocycles. The Morgan fingerprint density at radius 1 is 1.09 bits per heavy atom. The first-order valence-corrected chi connectivity index (χ1v) is 12.2. The Kier molecular flexibility index (Phi) is 5.88. The molecule has 174 valence electrons. The van der Waals surface area contributed by atoms with E-state index in [2.05, 4.69) is 38.2 Å². The SMILES string of the molecule is CC1(C)[C@H]2C[C@@H]3OB(C(CNC(=O)[C@@H](N)Cc4ccccc4)c4ccccc4)O[C@]3(C)[C@@H]1C2. The minimum Gasteiger partial charge on any atom is -0.405 e. The molecule has 6 rings (SSSR count). The Morgan fingerprint density at radius 3 is 2.42 bits per heavy atom. The summed E-state index contributed by atoms with van der Waals surface area (Å²) in [7, 11) is -0.386. The highest BCUT2D eigenvalue weighted by atomic mass is 16.7. The number of amides is 1. The van der Waals surface area contributed by atoms with Crippen molar-refractivity contribution in [3.05, 3.63) is 71.8 Å². The lowest BCUT2D eigenvalue weighted by atomic mass is 9.43. The maximum Gasteiger partial charge on any atom is 0.467 e. The van der Waals surface area contributed by atoms with E-state index < -0.39 is 6.04 Å². The van der Waals surface area contributed by atoms with E-state index in [1.165, 1.54) is 6.42 Å². The van der Waals surface area contributed by atoms with Crippen molar-refractivity contribution in [3.63, 3.8) is 0 Å². The molecule has 2 bridgehead atoms. The molecule has 6 heteroatoms. The molecule has 3 saturated carbocycles. The summed E-state index contributed by atoms with van der Waals surface area (Å²) in [5.74, 6) is 0.962. The van der Waals surface area contributed by atoms with Gasteiger partial charge in [-0.25, -0.2) is 0 Å². The van der Waals surface area contributed by atoms with Gasteiger partial charge in [0.25, 0.3) is 0 Å². The molecule has 0 spiro atoms. The standard InChI is InChI=1S/C27H35BN2O3/c1-26(2)20-15-23(26)27(3)24(16-20)32-28(33-27)21(19-12-8-5-9-13-19)17-30-25(31)22(29)14-18-10-6-4-7-11-18/h4-13,20-24H,14-17,29H2,1-3H3,(H,30,31)/t20-,21?,22+,23-,24+,27-/m1/s1. The van der Waals surface area contributed by atoms with Gasteiger partial charge in [-0.05, 0) is 54.6 Å². The molecule has 0 radical (unpaired) electrons. The third-order valence-corrected chi connectivity index (χ3v) is 8.66. The molecule has 3 aliphatic carbocycles. The van der Waals surface area contributed by atoms with Gasteiger partial charge in [0.05, 0.1) is 17.7 Å². The van der Waals surface area contributed by atoms with Gasteiger partial charge in [-0.15, -0.1) is 0 Å². The number of hydrogen-bond donors (Lipinski definition) is 2. The van der Waals surface area contributed by atoms with Gasteiger partial charge in [0, 0.05) is 12.4 Å². The highest BCUT2D eigenvalue weighted by Gasteiger charge is 2.68. The number of benzene rings is 2. The van der Waals surface area contributed by atoms with Crippen molar-refractivity contribution in [3.8, 4) is 0 Å². The second-order valence-electron chi connectivity index (χ2n) is 10.9. The summed E-state index contributed by atoms with van der Waals surface area (Å²) >= 11 is 0. The third-order valence-electron chi connectivity index (χ3n) is 8.66. The summed E-state index contributed by atoms with van der Waals surface area (Å²) in [5.41, 5.74) is 8.41. The number of hydrogen-bond acceptors (Lipinski definition) is 4. The van der Waals surface area contributed by atoms with Crippen LogP contribution in [0.5, 0.6) is 0 Å². The monoisotopic (exact) mass is 446 g/mol. The summed E-state index contributed by atoms with van der Waals surface area (Å²) in [6, 6.07) is 19.5. The van der Waals surface area contributed by atoms with Gasteiger partial charge >= 0.3 is 7.12 Å². The summed E-state index contributed by atoms with van der Waals surface area (Å²) in [5, 5.41) is 3.09. The Hall–Kier alpha value is -2.15. The lowest BCUT2D eigenvalue weighted by molar-refractivity contribution is -0.199. The van der Waals surface area contributed by atoms with E-state index in [9.17, 15) is 4.79 Å². The van der Waals surface area contributed by atoms with E-state index in [4.69, 9.17) is 15.0 Å². The quantitative estimate of drug-likeness (QED) is 0.636. The van der Waals surface area contributed by atoms with Gasteiger partial charge in [0.2, 0.25) is 5.91 Å².